The summed E-state index contributed by atoms with van der Waals surface area (Å²) in [6.45, 7) is 4.08. The van der Waals surface area contributed by atoms with Crippen LogP contribution < -0.4 is 10.6 Å². The Labute approximate surface area is 151 Å². The Hall–Kier alpha value is -2.04. The molecule has 24 heavy (non-hydrogen) atoms. The van der Waals surface area contributed by atoms with Crippen LogP contribution in [0.1, 0.15) is 31.7 Å². The number of benzene rings is 2. The van der Waals surface area contributed by atoms with Crippen LogP contribution in [0.4, 0.5) is 11.4 Å². The molecule has 0 aliphatic carbocycles. The van der Waals surface area contributed by atoms with Crippen LogP contribution in [0.25, 0.3) is 0 Å². The van der Waals surface area contributed by atoms with Crippen molar-refractivity contribution >= 4 is 46.4 Å². The molecule has 0 fully saturated rings. The molecule has 2 rings (SSSR count). The van der Waals surface area contributed by atoms with Gasteiger partial charge in [-0.05, 0) is 35.7 Å². The largest absolute Gasteiger partial charge is 0.325 e. The van der Waals surface area contributed by atoms with Gasteiger partial charge in [-0.25, -0.2) is 0 Å². The van der Waals surface area contributed by atoms with E-state index in [1.807, 2.05) is 38.1 Å². The first-order valence-corrected chi connectivity index (χ1v) is 8.26. The van der Waals surface area contributed by atoms with Gasteiger partial charge in [0.05, 0.1) is 10.7 Å². The number of nitrogens with one attached hydrogen (secondary N) is 2. The van der Waals surface area contributed by atoms with Crippen molar-refractivity contribution in [1.29, 1.82) is 0 Å². The summed E-state index contributed by atoms with van der Waals surface area (Å²) >= 11 is 11.8. The Morgan fingerprint density at radius 1 is 0.958 bits per heavy atom. The second-order valence-electron chi connectivity index (χ2n) is 5.64. The Bertz CT molecular complexity index is 760. The fourth-order valence-electron chi connectivity index (χ4n) is 2.24. The van der Waals surface area contributed by atoms with E-state index in [2.05, 4.69) is 10.6 Å². The van der Waals surface area contributed by atoms with E-state index in [-0.39, 0.29) is 18.2 Å². The highest BCUT2D eigenvalue weighted by molar-refractivity contribution is 6.36. The molecule has 2 N–H and O–H groups in total. The molecule has 0 saturated carbocycles. The molecule has 126 valence electrons. The van der Waals surface area contributed by atoms with Crippen LogP contribution in [0.15, 0.2) is 42.5 Å². The summed E-state index contributed by atoms with van der Waals surface area (Å²) in [6.07, 6.45) is -0.300. The predicted octanol–water partition coefficient (Wildman–Crippen LogP) is 5.08. The molecule has 0 radical (unpaired) electrons. The topological polar surface area (TPSA) is 58.2 Å². The molecule has 0 aromatic heterocycles. The smallest absolute Gasteiger partial charge is 0.233 e. The van der Waals surface area contributed by atoms with Crippen LogP contribution in [0.3, 0.4) is 0 Å². The molecule has 2 amide bonds. The summed E-state index contributed by atoms with van der Waals surface area (Å²) in [4.78, 5) is 24.1. The molecule has 0 unspecified atom stereocenters. The zero-order valence-electron chi connectivity index (χ0n) is 13.4. The highest BCUT2D eigenvalue weighted by Crippen LogP contribution is 2.26. The molecule has 0 saturated heterocycles. The van der Waals surface area contributed by atoms with E-state index in [1.54, 1.807) is 12.1 Å². The third-order valence-electron chi connectivity index (χ3n) is 3.38. The minimum absolute atomic E-state index is 0.267. The normalized spacial score (nSPS) is 10.5. The fourth-order valence-corrected chi connectivity index (χ4v) is 2.70. The Morgan fingerprint density at radius 3 is 2.21 bits per heavy atom. The van der Waals surface area contributed by atoms with Crippen molar-refractivity contribution in [2.75, 3.05) is 10.6 Å². The number of carbonyl (C=O) groups excluding carboxylic acids is 2. The SMILES string of the molecule is CC(C)c1ccccc1NC(=O)CC(=O)Nc1ccc(Cl)cc1Cl. The molecule has 4 nitrogen and oxygen atoms in total. The molecular formula is C18H18Cl2N2O2. The van der Waals surface area contributed by atoms with Gasteiger partial charge in [0.15, 0.2) is 0 Å². The highest BCUT2D eigenvalue weighted by Gasteiger charge is 2.14. The van der Waals surface area contributed by atoms with Gasteiger partial charge in [-0.1, -0.05) is 55.2 Å². The maximum absolute atomic E-state index is 12.1. The monoisotopic (exact) mass is 364 g/mol. The maximum Gasteiger partial charge on any atom is 0.233 e. The number of para-hydroxylation sites is 1. The molecule has 0 bridgehead atoms. The number of halogens is 2. The lowest BCUT2D eigenvalue weighted by Gasteiger charge is -2.13. The third-order valence-corrected chi connectivity index (χ3v) is 3.93. The molecule has 0 spiro atoms. The van der Waals surface area contributed by atoms with Gasteiger partial charge in [0.2, 0.25) is 11.8 Å². The summed E-state index contributed by atoms with van der Waals surface area (Å²) < 4.78 is 0. The van der Waals surface area contributed by atoms with E-state index < -0.39 is 5.91 Å². The van der Waals surface area contributed by atoms with E-state index in [9.17, 15) is 9.59 Å². The molecule has 0 heterocycles. The number of hydrogen-bond donors (Lipinski definition) is 2. The quantitative estimate of drug-likeness (QED) is 0.726. The first-order valence-electron chi connectivity index (χ1n) is 7.50. The standard InChI is InChI=1S/C18H18Cl2N2O2/c1-11(2)13-5-3-4-6-15(13)21-17(23)10-18(24)22-16-8-7-12(19)9-14(16)20/h3-9,11H,10H2,1-2H3,(H,21,23)(H,22,24). The molecular weight excluding hydrogens is 347 g/mol. The van der Waals surface area contributed by atoms with Gasteiger partial charge in [-0.3, -0.25) is 9.59 Å². The van der Waals surface area contributed by atoms with Crippen molar-refractivity contribution in [3.8, 4) is 0 Å². The van der Waals surface area contributed by atoms with E-state index in [0.717, 1.165) is 11.3 Å². The van der Waals surface area contributed by atoms with Crippen molar-refractivity contribution in [3.05, 3.63) is 58.1 Å². The summed E-state index contributed by atoms with van der Waals surface area (Å²) in [5.41, 5.74) is 2.16. The van der Waals surface area contributed by atoms with Crippen LogP contribution in [0, 0.1) is 0 Å². The second-order valence-corrected chi connectivity index (χ2v) is 6.48. The van der Waals surface area contributed by atoms with E-state index in [0.29, 0.717) is 15.7 Å². The van der Waals surface area contributed by atoms with Gasteiger partial charge in [0, 0.05) is 10.7 Å². The first kappa shape index (κ1) is 18.3. The van der Waals surface area contributed by atoms with Gasteiger partial charge in [0.25, 0.3) is 0 Å². The first-order chi connectivity index (χ1) is 11.4. The van der Waals surface area contributed by atoms with Crippen LogP contribution >= 0.6 is 23.2 Å². The maximum atomic E-state index is 12.1. The minimum Gasteiger partial charge on any atom is -0.325 e. The molecule has 2 aromatic rings. The van der Waals surface area contributed by atoms with Gasteiger partial charge >= 0.3 is 0 Å². The fraction of sp³-hybridized carbons (Fsp3) is 0.222. The zero-order chi connectivity index (χ0) is 17.7. The third kappa shape index (κ3) is 4.98. The van der Waals surface area contributed by atoms with Crippen LogP contribution in [0.2, 0.25) is 10.0 Å². The van der Waals surface area contributed by atoms with Crippen LogP contribution in [-0.2, 0) is 9.59 Å². The van der Waals surface area contributed by atoms with E-state index >= 15 is 0 Å². The van der Waals surface area contributed by atoms with Crippen LogP contribution in [-0.4, -0.2) is 11.8 Å². The molecule has 0 aliphatic rings. The lowest BCUT2D eigenvalue weighted by Crippen LogP contribution is -2.22. The predicted molar refractivity (Wildman–Crippen MR) is 98.9 cm³/mol. The number of amides is 2. The summed E-state index contributed by atoms with van der Waals surface area (Å²) in [5, 5.41) is 6.17. The number of anilines is 2. The number of carbonyl (C=O) groups is 2. The van der Waals surface area contributed by atoms with Crippen molar-refractivity contribution in [2.45, 2.75) is 26.2 Å². The van der Waals surface area contributed by atoms with E-state index in [1.165, 1.54) is 6.07 Å². The minimum atomic E-state index is -0.446. The van der Waals surface area contributed by atoms with Crippen molar-refractivity contribution < 1.29 is 9.59 Å². The molecule has 0 aliphatic heterocycles. The Kier molecular flexibility index (Phi) is 6.23. The second kappa shape index (κ2) is 8.18. The molecule has 0 atom stereocenters. The van der Waals surface area contributed by atoms with Crippen molar-refractivity contribution in [1.82, 2.24) is 0 Å². The van der Waals surface area contributed by atoms with E-state index in [4.69, 9.17) is 23.2 Å². The van der Waals surface area contributed by atoms with Gasteiger partial charge in [-0.2, -0.15) is 0 Å². The number of hydrogen-bond acceptors (Lipinski definition) is 2. The molecule has 6 heteroatoms. The average Bonchev–Trinajstić information content (AvgIpc) is 2.50. The summed E-state index contributed by atoms with van der Waals surface area (Å²) in [6, 6.07) is 12.3. The lowest BCUT2D eigenvalue weighted by atomic mass is 10.0. The summed E-state index contributed by atoms with van der Waals surface area (Å²) in [7, 11) is 0. The number of rotatable bonds is 5. The average molecular weight is 365 g/mol. The Balaban J connectivity index is 1.98. The summed E-state index contributed by atoms with van der Waals surface area (Å²) in [5.74, 6) is -0.562. The van der Waals surface area contributed by atoms with Gasteiger partial charge < -0.3 is 10.6 Å². The highest BCUT2D eigenvalue weighted by atomic mass is 35.5. The lowest BCUT2D eigenvalue weighted by molar-refractivity contribution is -0.123. The zero-order valence-corrected chi connectivity index (χ0v) is 14.9. The van der Waals surface area contributed by atoms with Gasteiger partial charge in [-0.15, -0.1) is 0 Å². The molecule has 2 aromatic carbocycles. The Morgan fingerprint density at radius 2 is 1.58 bits per heavy atom. The van der Waals surface area contributed by atoms with Gasteiger partial charge in [0.1, 0.15) is 6.42 Å². The van der Waals surface area contributed by atoms with Crippen LogP contribution in [0.5, 0.6) is 0 Å². The van der Waals surface area contributed by atoms with Crippen molar-refractivity contribution in [3.63, 3.8) is 0 Å². The van der Waals surface area contributed by atoms with Crippen molar-refractivity contribution in [2.24, 2.45) is 0 Å².